The summed E-state index contributed by atoms with van der Waals surface area (Å²) in [5.74, 6) is 0. The summed E-state index contributed by atoms with van der Waals surface area (Å²) in [6, 6.07) is 20.2. The number of rotatable bonds is 0. The lowest BCUT2D eigenvalue weighted by Gasteiger charge is -1.70. The molecule has 1 aromatic heterocycles. The van der Waals surface area contributed by atoms with Crippen molar-refractivity contribution in [2.24, 2.45) is 0 Å². The first-order chi connectivity index (χ1) is 9.00. The van der Waals surface area contributed by atoms with Crippen LogP contribution in [0.15, 0.2) is 93.2 Å². The molecular formula is C13H14N2O3. The van der Waals surface area contributed by atoms with Gasteiger partial charge in [0.2, 0.25) is 0 Å². The van der Waals surface area contributed by atoms with Crippen LogP contribution < -0.4 is 0 Å². The number of nitrogens with one attached hydrogen (secondary N) is 1. The van der Waals surface area contributed by atoms with Crippen LogP contribution in [0.1, 0.15) is 0 Å². The van der Waals surface area contributed by atoms with Crippen molar-refractivity contribution in [3.05, 3.63) is 79.2 Å². The van der Waals surface area contributed by atoms with E-state index < -0.39 is 0 Å². The van der Waals surface area contributed by atoms with Gasteiger partial charge in [0.1, 0.15) is 6.26 Å². The van der Waals surface area contributed by atoms with E-state index in [-0.39, 0.29) is 0 Å². The van der Waals surface area contributed by atoms with Gasteiger partial charge in [-0.05, 0) is 12.1 Å². The Bertz CT molecular complexity index is 311. The number of aromatic nitrogens is 2. The highest BCUT2D eigenvalue weighted by Crippen LogP contribution is 1.78. The van der Waals surface area contributed by atoms with Crippen LogP contribution in [0, 0.1) is 0 Å². The van der Waals surface area contributed by atoms with Crippen LogP contribution in [-0.2, 0) is 0 Å². The lowest BCUT2D eigenvalue weighted by molar-refractivity contribution is -0.211. The van der Waals surface area contributed by atoms with E-state index in [1.165, 1.54) is 12.5 Å². The summed E-state index contributed by atoms with van der Waals surface area (Å²) in [5.41, 5.74) is 0. The third-order valence-corrected chi connectivity index (χ3v) is 1.57. The van der Waals surface area contributed by atoms with Gasteiger partial charge in [-0.1, -0.05) is 64.6 Å². The maximum Gasteiger partial charge on any atom is 0.147 e. The van der Waals surface area contributed by atoms with Crippen LogP contribution in [0.25, 0.3) is 0 Å². The summed E-state index contributed by atoms with van der Waals surface area (Å²) < 4.78 is 13.1. The van der Waals surface area contributed by atoms with Gasteiger partial charge in [0.15, 0.2) is 0 Å². The van der Waals surface area contributed by atoms with E-state index in [1.807, 2.05) is 48.5 Å². The fraction of sp³-hybridized carbons (Fsp3) is 0. The minimum absolute atomic E-state index is 1.32. The van der Waals surface area contributed by atoms with E-state index in [9.17, 15) is 0 Å². The van der Waals surface area contributed by atoms with Gasteiger partial charge in [0, 0.05) is 0 Å². The molecule has 5 nitrogen and oxygen atoms in total. The molecule has 18 heavy (non-hydrogen) atoms. The number of hydrogen-bond donors (Lipinski definition) is 1. The second kappa shape index (κ2) is 10.8. The van der Waals surface area contributed by atoms with Gasteiger partial charge in [-0.15, -0.1) is 9.78 Å². The Kier molecular flexibility index (Phi) is 8.04. The molecule has 0 saturated carbocycles. The van der Waals surface area contributed by atoms with E-state index in [0.29, 0.717) is 0 Å². The molecule has 1 rings (SSSR count). The molecule has 0 bridgehead atoms. The molecule has 1 aromatic rings. The fourth-order valence-electron chi connectivity index (χ4n) is 0.857. The fourth-order valence-corrected chi connectivity index (χ4v) is 0.857. The molecule has 5 heteroatoms. The largest absolute Gasteiger partial charge is 0.258 e. The van der Waals surface area contributed by atoms with Gasteiger partial charge in [0.05, 0.1) is 6.20 Å². The molecule has 94 valence electrons. The summed E-state index contributed by atoms with van der Waals surface area (Å²) in [6.45, 7) is 0. The van der Waals surface area contributed by atoms with Crippen molar-refractivity contribution in [3.8, 4) is 0 Å². The first-order valence-electron chi connectivity index (χ1n) is 5.25. The smallest absolute Gasteiger partial charge is 0.147 e. The van der Waals surface area contributed by atoms with E-state index in [4.69, 9.17) is 0 Å². The van der Waals surface area contributed by atoms with E-state index in [0.717, 1.165) is 0 Å². The molecular weight excluding hydrogens is 232 g/mol. The Morgan fingerprint density at radius 3 is 1.89 bits per heavy atom. The lowest BCUT2D eigenvalue weighted by atomic mass is 10.4. The highest BCUT2D eigenvalue weighted by molar-refractivity contribution is 4.96. The zero-order valence-electron chi connectivity index (χ0n) is 9.68. The maximum atomic E-state index is 4.52. The average molecular weight is 246 g/mol. The predicted molar refractivity (Wildman–Crippen MR) is 65.9 cm³/mol. The Balaban J connectivity index is 3.00. The third kappa shape index (κ3) is 8.60. The molecule has 0 spiro atoms. The van der Waals surface area contributed by atoms with Gasteiger partial charge in [-0.3, -0.25) is 4.58 Å². The second-order valence-electron chi connectivity index (χ2n) is 2.87. The Hall–Kier alpha value is -2.69. The van der Waals surface area contributed by atoms with Crippen LogP contribution in [0.5, 0.6) is 0 Å². The highest BCUT2D eigenvalue weighted by Gasteiger charge is 1.59. The van der Waals surface area contributed by atoms with Crippen molar-refractivity contribution in [1.29, 1.82) is 0 Å². The van der Waals surface area contributed by atoms with Gasteiger partial charge >= 0.3 is 0 Å². The molecule has 0 aliphatic rings. The molecule has 0 fully saturated rings. The van der Waals surface area contributed by atoms with Gasteiger partial charge in [0.25, 0.3) is 0 Å². The molecule has 0 aromatic carbocycles. The first-order valence-corrected chi connectivity index (χ1v) is 5.25. The zero-order valence-corrected chi connectivity index (χ0v) is 9.68. The summed E-state index contributed by atoms with van der Waals surface area (Å²) in [7, 11) is 0. The Labute approximate surface area is 104 Å². The molecule has 0 saturated heterocycles. The SMILES string of the molecule is c1ccccccn[nH]ooocccccc1. The van der Waals surface area contributed by atoms with Crippen molar-refractivity contribution in [2.75, 3.05) is 0 Å². The van der Waals surface area contributed by atoms with Gasteiger partial charge in [-0.25, -0.2) is 0 Å². The Morgan fingerprint density at radius 1 is 0.667 bits per heavy atom. The molecule has 0 radical (unpaired) electrons. The molecule has 0 aliphatic carbocycles. The molecule has 1 N–H and O–H groups in total. The predicted octanol–water partition coefficient (Wildman–Crippen LogP) is 3.69. The minimum atomic E-state index is 1.32. The Morgan fingerprint density at radius 2 is 1.22 bits per heavy atom. The van der Waals surface area contributed by atoms with Crippen molar-refractivity contribution >= 4 is 0 Å². The number of aromatic amines is 1. The van der Waals surface area contributed by atoms with Gasteiger partial charge in [-0.2, -0.15) is 0 Å². The van der Waals surface area contributed by atoms with Crippen LogP contribution >= 0.6 is 0 Å². The average Bonchev–Trinajstić information content (AvgIpc) is 2.39. The van der Waals surface area contributed by atoms with Crippen LogP contribution in [0.2, 0.25) is 0 Å². The van der Waals surface area contributed by atoms with Crippen molar-refractivity contribution in [3.63, 3.8) is 0 Å². The van der Waals surface area contributed by atoms with Crippen molar-refractivity contribution in [1.82, 2.24) is 10.4 Å². The van der Waals surface area contributed by atoms with E-state index in [1.54, 1.807) is 18.2 Å². The summed E-state index contributed by atoms with van der Waals surface area (Å²) in [4.78, 5) is 0. The third-order valence-electron chi connectivity index (χ3n) is 1.57. The quantitative estimate of drug-likeness (QED) is 0.709. The van der Waals surface area contributed by atoms with Crippen LogP contribution in [-0.4, -0.2) is 10.4 Å². The zero-order chi connectivity index (χ0) is 12.7. The molecule has 0 unspecified atom stereocenters. The number of nitrogens with zero attached hydrogens (tertiary/aromatic N) is 1. The van der Waals surface area contributed by atoms with E-state index >= 15 is 0 Å². The molecule has 0 aliphatic heterocycles. The molecule has 1 heterocycles. The summed E-state index contributed by atoms with van der Waals surface area (Å²) >= 11 is 0. The van der Waals surface area contributed by atoms with Crippen molar-refractivity contribution in [2.45, 2.75) is 0 Å². The summed E-state index contributed by atoms with van der Waals surface area (Å²) in [5, 5.41) is 5.80. The summed E-state index contributed by atoms with van der Waals surface area (Å²) in [6.07, 6.45) is 2.82. The monoisotopic (exact) mass is 246 g/mol. The van der Waals surface area contributed by atoms with Crippen LogP contribution in [0.4, 0.5) is 0 Å². The molecule has 0 atom stereocenters. The topological polar surface area (TPSA) is 68.1 Å². The van der Waals surface area contributed by atoms with Gasteiger partial charge < -0.3 is 0 Å². The van der Waals surface area contributed by atoms with Crippen molar-refractivity contribution < 1.29 is 14.0 Å². The standard InChI is InChI=1S/C13H14N2O3/c1-2-4-6-8-10-12-14-15-17-18-16-13-11-9-7-5-3-1/h1-13,15H. The highest BCUT2D eigenvalue weighted by atomic mass is 17.2. The molecule has 0 amide bonds. The van der Waals surface area contributed by atoms with Crippen LogP contribution in [0.3, 0.4) is 0 Å². The number of hydrogen-bond acceptors (Lipinski definition) is 4. The normalized spacial score (nSPS) is 8.00. The second-order valence-corrected chi connectivity index (χ2v) is 2.87. The first kappa shape index (κ1) is 13.4. The number of H-pyrrole nitrogens is 1. The lowest BCUT2D eigenvalue weighted by Crippen LogP contribution is -1.65. The maximum absolute atomic E-state index is 4.52. The van der Waals surface area contributed by atoms with E-state index in [2.05, 4.69) is 24.4 Å². The minimum Gasteiger partial charge on any atom is -0.258 e.